The minimum absolute atomic E-state index is 0.0133. The molecule has 1 atom stereocenters. The summed E-state index contributed by atoms with van der Waals surface area (Å²) < 4.78 is 13.9. The molecule has 0 spiro atoms. The third-order valence-electron chi connectivity index (χ3n) is 5.72. The SMILES string of the molecule is O=C(CSC1NN=C(CNC(=O)c2ccccc2F)N1c1ccccc1)NC1CCCCC1. The molecule has 4 rings (SSSR count). The number of para-hydroxylation sites is 1. The lowest BCUT2D eigenvalue weighted by molar-refractivity contribution is -0.119. The fourth-order valence-corrected chi connectivity index (χ4v) is 4.97. The number of rotatable bonds is 8. The number of nitrogens with one attached hydrogen (secondary N) is 3. The zero-order chi connectivity index (χ0) is 23.0. The topological polar surface area (TPSA) is 85.8 Å². The van der Waals surface area contributed by atoms with E-state index in [0.717, 1.165) is 18.5 Å². The molecule has 3 N–H and O–H groups in total. The van der Waals surface area contributed by atoms with E-state index in [2.05, 4.69) is 21.2 Å². The van der Waals surface area contributed by atoms with Gasteiger partial charge in [-0.2, -0.15) is 5.10 Å². The van der Waals surface area contributed by atoms with Crippen LogP contribution in [0.4, 0.5) is 10.1 Å². The van der Waals surface area contributed by atoms with Crippen molar-refractivity contribution in [2.24, 2.45) is 5.10 Å². The Morgan fingerprint density at radius 1 is 1.06 bits per heavy atom. The van der Waals surface area contributed by atoms with Gasteiger partial charge in [0.05, 0.1) is 17.9 Å². The zero-order valence-electron chi connectivity index (χ0n) is 18.3. The van der Waals surface area contributed by atoms with E-state index in [1.807, 2.05) is 35.2 Å². The van der Waals surface area contributed by atoms with Gasteiger partial charge in [-0.05, 0) is 37.1 Å². The second kappa shape index (κ2) is 11.2. The summed E-state index contributed by atoms with van der Waals surface area (Å²) in [5, 5.41) is 10.3. The molecule has 1 saturated carbocycles. The molecular weight excluding hydrogens is 441 g/mol. The summed E-state index contributed by atoms with van der Waals surface area (Å²) in [6.07, 6.45) is 5.67. The second-order valence-electron chi connectivity index (χ2n) is 8.09. The van der Waals surface area contributed by atoms with Crippen molar-refractivity contribution in [1.29, 1.82) is 0 Å². The first kappa shape index (κ1) is 23.1. The average molecular weight is 470 g/mol. The number of carbonyl (C=O) groups is 2. The number of nitrogens with zero attached hydrogens (tertiary/aromatic N) is 2. The average Bonchev–Trinajstić information content (AvgIpc) is 3.25. The summed E-state index contributed by atoms with van der Waals surface area (Å²) in [4.78, 5) is 26.9. The number of hydrogen-bond acceptors (Lipinski definition) is 6. The molecule has 1 fully saturated rings. The lowest BCUT2D eigenvalue weighted by Crippen LogP contribution is -2.44. The maximum atomic E-state index is 13.9. The van der Waals surface area contributed by atoms with Gasteiger partial charge in [-0.3, -0.25) is 19.9 Å². The van der Waals surface area contributed by atoms with Crippen molar-refractivity contribution in [1.82, 2.24) is 16.1 Å². The van der Waals surface area contributed by atoms with Crippen LogP contribution in [0.1, 0.15) is 42.5 Å². The van der Waals surface area contributed by atoms with Crippen LogP contribution < -0.4 is 21.0 Å². The van der Waals surface area contributed by atoms with Crippen LogP contribution in [0.25, 0.3) is 0 Å². The largest absolute Gasteiger partial charge is 0.353 e. The summed E-state index contributed by atoms with van der Waals surface area (Å²) in [7, 11) is 0. The highest BCUT2D eigenvalue weighted by Crippen LogP contribution is 2.26. The first-order valence-electron chi connectivity index (χ1n) is 11.2. The van der Waals surface area contributed by atoms with Gasteiger partial charge in [0.2, 0.25) is 5.91 Å². The Morgan fingerprint density at radius 2 is 1.79 bits per heavy atom. The number of carbonyl (C=O) groups excluding carboxylic acids is 2. The van der Waals surface area contributed by atoms with Crippen LogP contribution in [0.15, 0.2) is 59.7 Å². The van der Waals surface area contributed by atoms with E-state index in [1.165, 1.54) is 43.2 Å². The number of amidine groups is 1. The Morgan fingerprint density at radius 3 is 2.55 bits per heavy atom. The normalized spacial score (nSPS) is 18.4. The van der Waals surface area contributed by atoms with Gasteiger partial charge < -0.3 is 10.6 Å². The molecule has 0 saturated heterocycles. The molecule has 7 nitrogen and oxygen atoms in total. The number of benzene rings is 2. The van der Waals surface area contributed by atoms with Gasteiger partial charge in [-0.15, -0.1) is 11.8 Å². The van der Waals surface area contributed by atoms with Gasteiger partial charge in [0, 0.05) is 11.7 Å². The Balaban J connectivity index is 1.37. The van der Waals surface area contributed by atoms with Crippen LogP contribution in [0, 0.1) is 5.82 Å². The molecule has 2 aromatic rings. The molecular formula is C24H28FN5O2S. The van der Waals surface area contributed by atoms with Gasteiger partial charge in [0.15, 0.2) is 11.3 Å². The van der Waals surface area contributed by atoms with Crippen molar-refractivity contribution < 1.29 is 14.0 Å². The minimum atomic E-state index is -0.571. The molecule has 2 amide bonds. The van der Waals surface area contributed by atoms with Gasteiger partial charge in [0.25, 0.3) is 5.91 Å². The smallest absolute Gasteiger partial charge is 0.254 e. The molecule has 1 unspecified atom stereocenters. The number of thioether (sulfide) groups is 1. The van der Waals surface area contributed by atoms with Crippen molar-refractivity contribution in [3.05, 3.63) is 66.0 Å². The lowest BCUT2D eigenvalue weighted by atomic mass is 9.95. The molecule has 0 radical (unpaired) electrons. The van der Waals surface area contributed by atoms with Gasteiger partial charge >= 0.3 is 0 Å². The number of amides is 2. The van der Waals surface area contributed by atoms with Crippen LogP contribution >= 0.6 is 11.8 Å². The molecule has 2 aromatic carbocycles. The molecule has 0 bridgehead atoms. The highest BCUT2D eigenvalue weighted by Gasteiger charge is 2.30. The quantitative estimate of drug-likeness (QED) is 0.552. The molecule has 0 aromatic heterocycles. The molecule has 33 heavy (non-hydrogen) atoms. The molecule has 1 heterocycles. The summed E-state index contributed by atoms with van der Waals surface area (Å²) in [6.45, 7) is 0.112. The van der Waals surface area contributed by atoms with Crippen molar-refractivity contribution in [2.45, 2.75) is 43.6 Å². The Bertz CT molecular complexity index is 997. The Kier molecular flexibility index (Phi) is 7.83. The molecule has 1 aliphatic carbocycles. The van der Waals surface area contributed by atoms with Crippen LogP contribution in [-0.2, 0) is 4.79 Å². The summed E-state index contributed by atoms with van der Waals surface area (Å²) in [5.41, 5.74) is 3.63. The minimum Gasteiger partial charge on any atom is -0.353 e. The molecule has 2 aliphatic rings. The number of hydrogen-bond donors (Lipinski definition) is 3. The van der Waals surface area contributed by atoms with Gasteiger partial charge in [0.1, 0.15) is 5.82 Å². The monoisotopic (exact) mass is 469 g/mol. The number of halogens is 1. The highest BCUT2D eigenvalue weighted by molar-refractivity contribution is 8.00. The summed E-state index contributed by atoms with van der Waals surface area (Å²) in [5.74, 6) is -0.188. The second-order valence-corrected chi connectivity index (χ2v) is 9.16. The van der Waals surface area contributed by atoms with Crippen LogP contribution in [0.5, 0.6) is 0 Å². The van der Waals surface area contributed by atoms with E-state index >= 15 is 0 Å². The van der Waals surface area contributed by atoms with E-state index in [-0.39, 0.29) is 29.6 Å². The van der Waals surface area contributed by atoms with E-state index < -0.39 is 11.7 Å². The van der Waals surface area contributed by atoms with E-state index in [4.69, 9.17) is 0 Å². The van der Waals surface area contributed by atoms with Crippen molar-refractivity contribution in [3.63, 3.8) is 0 Å². The van der Waals surface area contributed by atoms with Crippen LogP contribution in [0.2, 0.25) is 0 Å². The van der Waals surface area contributed by atoms with E-state index in [0.29, 0.717) is 11.6 Å². The first-order valence-corrected chi connectivity index (χ1v) is 12.3. The van der Waals surface area contributed by atoms with Crippen molar-refractivity contribution >= 4 is 35.1 Å². The summed E-state index contributed by atoms with van der Waals surface area (Å²) in [6, 6.07) is 15.8. The van der Waals surface area contributed by atoms with E-state index in [9.17, 15) is 14.0 Å². The predicted molar refractivity (Wildman–Crippen MR) is 129 cm³/mol. The van der Waals surface area contributed by atoms with Gasteiger partial charge in [-0.25, -0.2) is 4.39 Å². The lowest BCUT2D eigenvalue weighted by Gasteiger charge is -2.27. The Hall–Kier alpha value is -3.07. The predicted octanol–water partition coefficient (Wildman–Crippen LogP) is 3.44. The third-order valence-corrected chi connectivity index (χ3v) is 6.78. The zero-order valence-corrected chi connectivity index (χ0v) is 19.1. The summed E-state index contributed by atoms with van der Waals surface area (Å²) >= 11 is 1.44. The number of anilines is 1. The van der Waals surface area contributed by atoms with Gasteiger partial charge in [-0.1, -0.05) is 49.6 Å². The standard InChI is InChI=1S/C24H28FN5O2S/c25-20-14-8-7-13-19(20)23(32)26-15-21-28-29-24(30(21)18-11-5-2-6-12-18)33-16-22(31)27-17-9-3-1-4-10-17/h2,5-8,11-14,17,24,29H,1,3-4,9-10,15-16H2,(H,26,32)(H,27,31). The first-order chi connectivity index (χ1) is 16.1. The van der Waals surface area contributed by atoms with Crippen LogP contribution in [0.3, 0.4) is 0 Å². The highest BCUT2D eigenvalue weighted by atomic mass is 32.2. The fraction of sp³-hybridized carbons (Fsp3) is 0.375. The van der Waals surface area contributed by atoms with Crippen LogP contribution in [-0.4, -0.2) is 41.5 Å². The molecule has 1 aliphatic heterocycles. The number of hydrazone groups is 1. The molecule has 174 valence electrons. The third kappa shape index (κ3) is 6.04. The van der Waals surface area contributed by atoms with Crippen molar-refractivity contribution in [3.8, 4) is 0 Å². The fourth-order valence-electron chi connectivity index (χ4n) is 4.06. The molecule has 9 heteroatoms. The Labute approximate surface area is 197 Å². The maximum Gasteiger partial charge on any atom is 0.254 e. The maximum absolute atomic E-state index is 13.9. The van der Waals surface area contributed by atoms with Crippen molar-refractivity contribution in [2.75, 3.05) is 17.2 Å². The van der Waals surface area contributed by atoms with E-state index in [1.54, 1.807) is 12.1 Å².